The highest BCUT2D eigenvalue weighted by Crippen LogP contribution is 2.33. The van der Waals surface area contributed by atoms with Gasteiger partial charge in [0.2, 0.25) is 0 Å². The fourth-order valence-electron chi connectivity index (χ4n) is 2.57. The van der Waals surface area contributed by atoms with Gasteiger partial charge in [-0.1, -0.05) is 6.92 Å². The molecule has 2 atom stereocenters. The van der Waals surface area contributed by atoms with Crippen LogP contribution in [0.3, 0.4) is 0 Å². The Morgan fingerprint density at radius 2 is 2.07 bits per heavy atom. The van der Waals surface area contributed by atoms with Gasteiger partial charge in [-0.25, -0.2) is 0 Å². The van der Waals surface area contributed by atoms with Crippen LogP contribution in [-0.2, 0) is 0 Å². The summed E-state index contributed by atoms with van der Waals surface area (Å²) < 4.78 is 0. The van der Waals surface area contributed by atoms with E-state index < -0.39 is 0 Å². The Labute approximate surface area is 88.1 Å². The number of nitrogens with zero attached hydrogens (tertiary/aromatic N) is 1. The summed E-state index contributed by atoms with van der Waals surface area (Å²) in [6, 6.07) is 1.58. The van der Waals surface area contributed by atoms with Gasteiger partial charge in [-0.2, -0.15) is 0 Å². The summed E-state index contributed by atoms with van der Waals surface area (Å²) in [7, 11) is 0. The zero-order valence-electron chi connectivity index (χ0n) is 9.63. The van der Waals surface area contributed by atoms with Crippen molar-refractivity contribution in [3.05, 3.63) is 0 Å². The molecule has 0 aromatic carbocycles. The Kier molecular flexibility index (Phi) is 3.45. The van der Waals surface area contributed by atoms with Crippen LogP contribution in [0.2, 0.25) is 0 Å². The lowest BCUT2D eigenvalue weighted by Crippen LogP contribution is -2.41. The van der Waals surface area contributed by atoms with Gasteiger partial charge in [-0.05, 0) is 51.6 Å². The normalized spacial score (nSPS) is 35.6. The van der Waals surface area contributed by atoms with Gasteiger partial charge in [0, 0.05) is 18.6 Å². The highest BCUT2D eigenvalue weighted by molar-refractivity contribution is 4.91. The monoisotopic (exact) mass is 196 g/mol. The molecule has 0 bridgehead atoms. The maximum atomic E-state index is 3.72. The molecule has 2 aliphatic rings. The van der Waals surface area contributed by atoms with Crippen molar-refractivity contribution in [1.82, 2.24) is 10.2 Å². The third-order valence-corrected chi connectivity index (χ3v) is 3.73. The fraction of sp³-hybridized carbons (Fsp3) is 1.00. The first-order valence-electron chi connectivity index (χ1n) is 6.28. The molecule has 2 heteroatoms. The second-order valence-electron chi connectivity index (χ2n) is 5.03. The van der Waals surface area contributed by atoms with Crippen LogP contribution in [0.25, 0.3) is 0 Å². The van der Waals surface area contributed by atoms with Crippen LogP contribution < -0.4 is 5.32 Å². The van der Waals surface area contributed by atoms with Gasteiger partial charge in [0.1, 0.15) is 0 Å². The summed E-state index contributed by atoms with van der Waals surface area (Å²) in [6.07, 6.45) is 5.54. The van der Waals surface area contributed by atoms with Gasteiger partial charge in [-0.3, -0.25) is 4.90 Å². The van der Waals surface area contributed by atoms with Gasteiger partial charge < -0.3 is 5.32 Å². The molecule has 0 radical (unpaired) electrons. The summed E-state index contributed by atoms with van der Waals surface area (Å²) in [6.45, 7) is 8.47. The molecule has 0 spiro atoms. The Morgan fingerprint density at radius 3 is 2.71 bits per heavy atom. The second kappa shape index (κ2) is 4.63. The van der Waals surface area contributed by atoms with E-state index in [-0.39, 0.29) is 0 Å². The molecule has 1 aliphatic carbocycles. The molecule has 1 aliphatic heterocycles. The van der Waals surface area contributed by atoms with Crippen LogP contribution in [0.4, 0.5) is 0 Å². The lowest BCUT2D eigenvalue weighted by Gasteiger charge is -2.28. The van der Waals surface area contributed by atoms with E-state index in [1.165, 1.54) is 45.3 Å². The third kappa shape index (κ3) is 2.48. The number of hydrogen-bond donors (Lipinski definition) is 1. The smallest absolute Gasteiger partial charge is 0.0223 e. The van der Waals surface area contributed by atoms with Crippen molar-refractivity contribution < 1.29 is 0 Å². The van der Waals surface area contributed by atoms with Crippen molar-refractivity contribution in [2.24, 2.45) is 5.92 Å². The Morgan fingerprint density at radius 1 is 1.29 bits per heavy atom. The van der Waals surface area contributed by atoms with E-state index in [1.54, 1.807) is 0 Å². The first-order chi connectivity index (χ1) is 6.81. The quantitative estimate of drug-likeness (QED) is 0.741. The predicted molar refractivity (Wildman–Crippen MR) is 60.5 cm³/mol. The van der Waals surface area contributed by atoms with Crippen LogP contribution in [0.1, 0.15) is 39.5 Å². The average molecular weight is 196 g/mol. The van der Waals surface area contributed by atoms with Gasteiger partial charge in [-0.15, -0.1) is 0 Å². The van der Waals surface area contributed by atoms with Crippen molar-refractivity contribution in [3.8, 4) is 0 Å². The minimum absolute atomic E-state index is 0.784. The molecule has 1 saturated heterocycles. The summed E-state index contributed by atoms with van der Waals surface area (Å²) in [5.74, 6) is 1.000. The van der Waals surface area contributed by atoms with Crippen molar-refractivity contribution in [3.63, 3.8) is 0 Å². The second-order valence-corrected chi connectivity index (χ2v) is 5.03. The first kappa shape index (κ1) is 10.4. The van der Waals surface area contributed by atoms with E-state index in [0.29, 0.717) is 0 Å². The average Bonchev–Trinajstić information content (AvgIpc) is 2.95. The standard InChI is InChI=1S/C12H24N2/c1-3-8-14-9-12(11-4-5-11)13-7-6-10(14)2/h10-13H,3-9H2,1-2H3. The molecule has 1 heterocycles. The maximum absolute atomic E-state index is 3.72. The van der Waals surface area contributed by atoms with Gasteiger partial charge in [0.15, 0.2) is 0 Å². The summed E-state index contributed by atoms with van der Waals surface area (Å²) in [4.78, 5) is 2.68. The Balaban J connectivity index is 1.90. The number of rotatable bonds is 3. The van der Waals surface area contributed by atoms with E-state index in [9.17, 15) is 0 Å². The van der Waals surface area contributed by atoms with E-state index in [2.05, 4.69) is 24.1 Å². The maximum Gasteiger partial charge on any atom is 0.0223 e. The molecular weight excluding hydrogens is 172 g/mol. The van der Waals surface area contributed by atoms with E-state index in [0.717, 1.165) is 18.0 Å². The molecular formula is C12H24N2. The molecule has 82 valence electrons. The van der Waals surface area contributed by atoms with Crippen LogP contribution in [0, 0.1) is 5.92 Å². The van der Waals surface area contributed by atoms with Gasteiger partial charge in [0.05, 0.1) is 0 Å². The van der Waals surface area contributed by atoms with Crippen LogP contribution in [0.5, 0.6) is 0 Å². The zero-order valence-corrected chi connectivity index (χ0v) is 9.63. The van der Waals surface area contributed by atoms with E-state index in [1.807, 2.05) is 0 Å². The summed E-state index contributed by atoms with van der Waals surface area (Å²) >= 11 is 0. The molecule has 0 aromatic heterocycles. The minimum Gasteiger partial charge on any atom is -0.312 e. The van der Waals surface area contributed by atoms with E-state index in [4.69, 9.17) is 0 Å². The summed E-state index contributed by atoms with van der Waals surface area (Å²) in [5, 5.41) is 3.72. The minimum atomic E-state index is 0.784. The molecule has 2 nitrogen and oxygen atoms in total. The molecule has 0 amide bonds. The lowest BCUT2D eigenvalue weighted by atomic mass is 10.1. The summed E-state index contributed by atoms with van der Waals surface area (Å²) in [5.41, 5.74) is 0. The van der Waals surface area contributed by atoms with Crippen molar-refractivity contribution in [2.45, 2.75) is 51.6 Å². The van der Waals surface area contributed by atoms with Crippen molar-refractivity contribution in [2.75, 3.05) is 19.6 Å². The van der Waals surface area contributed by atoms with Crippen molar-refractivity contribution >= 4 is 0 Å². The molecule has 2 fully saturated rings. The Hall–Kier alpha value is -0.0800. The highest BCUT2D eigenvalue weighted by atomic mass is 15.2. The van der Waals surface area contributed by atoms with Gasteiger partial charge in [0.25, 0.3) is 0 Å². The number of hydrogen-bond acceptors (Lipinski definition) is 2. The molecule has 0 aromatic rings. The Bertz CT molecular complexity index is 177. The third-order valence-electron chi connectivity index (χ3n) is 3.73. The van der Waals surface area contributed by atoms with Gasteiger partial charge >= 0.3 is 0 Å². The zero-order chi connectivity index (χ0) is 9.97. The molecule has 14 heavy (non-hydrogen) atoms. The van der Waals surface area contributed by atoms with E-state index >= 15 is 0 Å². The largest absolute Gasteiger partial charge is 0.312 e. The molecule has 1 N–H and O–H groups in total. The molecule has 2 unspecified atom stereocenters. The topological polar surface area (TPSA) is 15.3 Å². The fourth-order valence-corrected chi connectivity index (χ4v) is 2.57. The molecule has 2 rings (SSSR count). The lowest BCUT2D eigenvalue weighted by molar-refractivity contribution is 0.199. The predicted octanol–water partition coefficient (Wildman–Crippen LogP) is 1.86. The van der Waals surface area contributed by atoms with Crippen LogP contribution >= 0.6 is 0 Å². The molecule has 1 saturated carbocycles. The highest BCUT2D eigenvalue weighted by Gasteiger charge is 2.34. The van der Waals surface area contributed by atoms with Crippen molar-refractivity contribution in [1.29, 1.82) is 0 Å². The van der Waals surface area contributed by atoms with Crippen LogP contribution in [-0.4, -0.2) is 36.6 Å². The first-order valence-corrected chi connectivity index (χ1v) is 6.28. The van der Waals surface area contributed by atoms with Crippen LogP contribution in [0.15, 0.2) is 0 Å². The number of nitrogens with one attached hydrogen (secondary N) is 1. The SMILES string of the molecule is CCCN1CC(C2CC2)NCCC1C.